The molecule has 0 saturated heterocycles. The molecule has 4 rings (SSSR count). The zero-order valence-electron chi connectivity index (χ0n) is 15.8. The maximum Gasteiger partial charge on any atom is 0.205 e. The van der Waals surface area contributed by atoms with Gasteiger partial charge < -0.3 is 15.2 Å². The average Bonchev–Trinajstić information content (AvgIpc) is 2.73. The van der Waals surface area contributed by atoms with Gasteiger partial charge in [-0.25, -0.2) is 0 Å². The molecule has 6 heteroatoms. The quantitative estimate of drug-likeness (QED) is 0.807. The minimum absolute atomic E-state index is 0.0414. The molecule has 0 spiro atoms. The minimum Gasteiger partial charge on any atom is -0.497 e. The molecule has 146 valence electrons. The predicted octanol–water partition coefficient (Wildman–Crippen LogP) is 4.56. The van der Waals surface area contributed by atoms with Gasteiger partial charge in [-0.2, -0.15) is 5.26 Å². The molecule has 0 unspecified atom stereocenters. The lowest BCUT2D eigenvalue weighted by Gasteiger charge is -2.34. The van der Waals surface area contributed by atoms with Crippen molar-refractivity contribution in [1.29, 1.82) is 5.26 Å². The summed E-state index contributed by atoms with van der Waals surface area (Å²) >= 11 is 6.35. The van der Waals surface area contributed by atoms with E-state index >= 15 is 0 Å². The van der Waals surface area contributed by atoms with Crippen LogP contribution in [-0.4, -0.2) is 12.9 Å². The van der Waals surface area contributed by atoms with Crippen LogP contribution in [0.5, 0.6) is 5.75 Å². The van der Waals surface area contributed by atoms with Crippen LogP contribution in [0.3, 0.4) is 0 Å². The fourth-order valence-electron chi connectivity index (χ4n) is 4.06. The van der Waals surface area contributed by atoms with Crippen molar-refractivity contribution in [3.05, 3.63) is 87.5 Å². The van der Waals surface area contributed by atoms with Crippen molar-refractivity contribution >= 4 is 17.4 Å². The first-order chi connectivity index (χ1) is 14.0. The monoisotopic (exact) mass is 406 g/mol. The minimum atomic E-state index is -0.547. The van der Waals surface area contributed by atoms with Crippen molar-refractivity contribution in [2.45, 2.75) is 24.7 Å². The van der Waals surface area contributed by atoms with Crippen LogP contribution in [0.2, 0.25) is 5.02 Å². The number of nitrogens with zero attached hydrogens (tertiary/aromatic N) is 1. The molecule has 2 aromatic carbocycles. The lowest BCUT2D eigenvalue weighted by atomic mass is 9.73. The van der Waals surface area contributed by atoms with E-state index in [-0.39, 0.29) is 23.2 Å². The Kier molecular flexibility index (Phi) is 5.04. The van der Waals surface area contributed by atoms with Gasteiger partial charge >= 0.3 is 0 Å². The van der Waals surface area contributed by atoms with E-state index < -0.39 is 5.92 Å². The Hall–Kier alpha value is -3.23. The summed E-state index contributed by atoms with van der Waals surface area (Å²) in [5, 5.41) is 10.3. The van der Waals surface area contributed by atoms with E-state index in [1.807, 2.05) is 36.4 Å². The zero-order chi connectivity index (χ0) is 20.5. The highest BCUT2D eigenvalue weighted by molar-refractivity contribution is 6.31. The van der Waals surface area contributed by atoms with Gasteiger partial charge in [0.2, 0.25) is 5.88 Å². The second-order valence-electron chi connectivity index (χ2n) is 7.08. The number of nitriles is 1. The van der Waals surface area contributed by atoms with E-state index in [0.717, 1.165) is 11.1 Å². The van der Waals surface area contributed by atoms with Crippen LogP contribution in [-0.2, 0) is 9.53 Å². The third-order valence-electron chi connectivity index (χ3n) is 5.46. The number of halogens is 1. The molecule has 0 bridgehead atoms. The van der Waals surface area contributed by atoms with Gasteiger partial charge in [0.25, 0.3) is 0 Å². The first-order valence-electron chi connectivity index (χ1n) is 9.25. The van der Waals surface area contributed by atoms with Crippen LogP contribution < -0.4 is 10.5 Å². The van der Waals surface area contributed by atoms with E-state index in [2.05, 4.69) is 6.07 Å². The van der Waals surface area contributed by atoms with Crippen molar-refractivity contribution in [2.24, 2.45) is 5.73 Å². The number of benzene rings is 2. The third kappa shape index (κ3) is 3.37. The number of ketones is 1. The number of ether oxygens (including phenoxy) is 2. The number of nitrogens with two attached hydrogens (primary N) is 1. The van der Waals surface area contributed by atoms with E-state index in [1.165, 1.54) is 0 Å². The summed E-state index contributed by atoms with van der Waals surface area (Å²) in [6.45, 7) is 0. The Bertz CT molecular complexity index is 1080. The number of carbonyl (C=O) groups is 1. The molecule has 0 saturated carbocycles. The SMILES string of the molecule is COc1ccc([C@H]2C(C#N)=C(N)OC3=C2C(=O)C[C@H](c2ccccc2Cl)C3)cc1. The van der Waals surface area contributed by atoms with E-state index in [1.54, 1.807) is 19.2 Å². The fraction of sp³-hybridized carbons (Fsp3) is 0.217. The molecule has 1 heterocycles. The first-order valence-corrected chi connectivity index (χ1v) is 9.63. The maximum atomic E-state index is 13.2. The number of carbonyl (C=O) groups excluding carboxylic acids is 1. The topological polar surface area (TPSA) is 85.3 Å². The summed E-state index contributed by atoms with van der Waals surface area (Å²) in [4.78, 5) is 13.2. The second-order valence-corrected chi connectivity index (χ2v) is 7.49. The second kappa shape index (κ2) is 7.65. The number of hydrogen-bond acceptors (Lipinski definition) is 5. The average molecular weight is 407 g/mol. The summed E-state index contributed by atoms with van der Waals surface area (Å²) in [6, 6.07) is 16.9. The molecule has 2 aromatic rings. The molecule has 2 aliphatic rings. The smallest absolute Gasteiger partial charge is 0.205 e. The van der Waals surface area contributed by atoms with Gasteiger partial charge in [-0.1, -0.05) is 41.9 Å². The fourth-order valence-corrected chi connectivity index (χ4v) is 4.35. The van der Waals surface area contributed by atoms with Crippen molar-refractivity contribution in [3.63, 3.8) is 0 Å². The van der Waals surface area contributed by atoms with Crippen molar-refractivity contribution in [1.82, 2.24) is 0 Å². The Morgan fingerprint density at radius 1 is 1.17 bits per heavy atom. The highest BCUT2D eigenvalue weighted by Gasteiger charge is 2.41. The van der Waals surface area contributed by atoms with Crippen LogP contribution in [0.4, 0.5) is 0 Å². The molecule has 5 nitrogen and oxygen atoms in total. The van der Waals surface area contributed by atoms with Gasteiger partial charge in [-0.3, -0.25) is 4.79 Å². The number of rotatable bonds is 3. The number of hydrogen-bond donors (Lipinski definition) is 1. The number of methoxy groups -OCH3 is 1. The molecular weight excluding hydrogens is 388 g/mol. The van der Waals surface area contributed by atoms with Crippen molar-refractivity contribution in [2.75, 3.05) is 7.11 Å². The van der Waals surface area contributed by atoms with E-state index in [9.17, 15) is 10.1 Å². The summed E-state index contributed by atoms with van der Waals surface area (Å²) in [7, 11) is 1.59. The van der Waals surface area contributed by atoms with Gasteiger partial charge in [0.1, 0.15) is 23.2 Å². The number of allylic oxidation sites excluding steroid dienone is 3. The standard InChI is InChI=1S/C23H19ClN2O3/c1-28-15-8-6-13(7-9-15)21-17(12-25)23(26)29-20-11-14(10-19(27)22(20)21)16-4-2-3-5-18(16)24/h2-9,14,21H,10-11,26H2,1H3/t14-,21-/m0/s1. The molecule has 0 fully saturated rings. The van der Waals surface area contributed by atoms with Gasteiger partial charge in [0, 0.05) is 23.4 Å². The Morgan fingerprint density at radius 3 is 2.55 bits per heavy atom. The van der Waals surface area contributed by atoms with Crippen molar-refractivity contribution < 1.29 is 14.3 Å². The van der Waals surface area contributed by atoms with Crippen LogP contribution in [0.15, 0.2) is 71.3 Å². The largest absolute Gasteiger partial charge is 0.497 e. The number of Topliss-reactive ketones (excluding diaryl/α,β-unsaturated/α-hetero) is 1. The highest BCUT2D eigenvalue weighted by Crippen LogP contribution is 2.47. The molecule has 0 amide bonds. The van der Waals surface area contributed by atoms with Crippen LogP contribution in [0, 0.1) is 11.3 Å². The molecule has 2 N–H and O–H groups in total. The lowest BCUT2D eigenvalue weighted by Crippen LogP contribution is -2.30. The summed E-state index contributed by atoms with van der Waals surface area (Å²) in [6.07, 6.45) is 0.800. The molecule has 2 atom stereocenters. The predicted molar refractivity (Wildman–Crippen MR) is 109 cm³/mol. The lowest BCUT2D eigenvalue weighted by molar-refractivity contribution is -0.117. The van der Waals surface area contributed by atoms with Crippen LogP contribution in [0.25, 0.3) is 0 Å². The van der Waals surface area contributed by atoms with Gasteiger partial charge in [0.15, 0.2) is 5.78 Å². The Labute approximate surface area is 174 Å². The molecular formula is C23H19ClN2O3. The first kappa shape index (κ1) is 19.1. The molecule has 29 heavy (non-hydrogen) atoms. The zero-order valence-corrected chi connectivity index (χ0v) is 16.6. The van der Waals surface area contributed by atoms with Gasteiger partial charge in [-0.15, -0.1) is 0 Å². The molecule has 1 aliphatic heterocycles. The molecule has 0 aromatic heterocycles. The summed E-state index contributed by atoms with van der Waals surface area (Å²) in [5.74, 6) is 0.553. The van der Waals surface area contributed by atoms with Gasteiger partial charge in [0.05, 0.1) is 13.0 Å². The normalized spacial score (nSPS) is 21.3. The molecule has 0 radical (unpaired) electrons. The summed E-state index contributed by atoms with van der Waals surface area (Å²) in [5.41, 5.74) is 8.54. The Morgan fingerprint density at radius 2 is 1.90 bits per heavy atom. The van der Waals surface area contributed by atoms with Crippen LogP contribution in [0.1, 0.15) is 35.8 Å². The summed E-state index contributed by atoms with van der Waals surface area (Å²) < 4.78 is 11.0. The van der Waals surface area contributed by atoms with E-state index in [4.69, 9.17) is 26.8 Å². The maximum absolute atomic E-state index is 13.2. The van der Waals surface area contributed by atoms with Crippen LogP contribution >= 0.6 is 11.6 Å². The highest BCUT2D eigenvalue weighted by atomic mass is 35.5. The van der Waals surface area contributed by atoms with E-state index in [0.29, 0.717) is 34.9 Å². The molecule has 1 aliphatic carbocycles. The van der Waals surface area contributed by atoms with Gasteiger partial charge in [-0.05, 0) is 35.2 Å². The van der Waals surface area contributed by atoms with Crippen molar-refractivity contribution in [3.8, 4) is 11.8 Å². The Balaban J connectivity index is 1.78. The third-order valence-corrected chi connectivity index (χ3v) is 5.80.